The summed E-state index contributed by atoms with van der Waals surface area (Å²) >= 11 is 0. The van der Waals surface area contributed by atoms with Crippen LogP contribution in [0.1, 0.15) is 37.6 Å². The number of aromatic nitrogens is 2. The van der Waals surface area contributed by atoms with Gasteiger partial charge < -0.3 is 19.5 Å². The lowest BCUT2D eigenvalue weighted by Crippen LogP contribution is -2.35. The van der Waals surface area contributed by atoms with Gasteiger partial charge >= 0.3 is 0 Å². The predicted molar refractivity (Wildman–Crippen MR) is 69.9 cm³/mol. The van der Waals surface area contributed by atoms with Crippen molar-refractivity contribution in [3.63, 3.8) is 0 Å². The van der Waals surface area contributed by atoms with Crippen LogP contribution < -0.4 is 5.32 Å². The van der Waals surface area contributed by atoms with Crippen LogP contribution in [0.15, 0.2) is 4.52 Å². The molecule has 3 heterocycles. The quantitative estimate of drug-likeness (QED) is 0.869. The molecule has 19 heavy (non-hydrogen) atoms. The number of rotatable bonds is 3. The van der Waals surface area contributed by atoms with Crippen LogP contribution in [-0.2, 0) is 10.2 Å². The zero-order chi connectivity index (χ0) is 13.3. The number of morpholine rings is 1. The van der Waals surface area contributed by atoms with Crippen molar-refractivity contribution in [3.8, 4) is 0 Å². The molecule has 0 aliphatic carbocycles. The van der Waals surface area contributed by atoms with E-state index in [4.69, 9.17) is 9.26 Å². The summed E-state index contributed by atoms with van der Waals surface area (Å²) in [4.78, 5) is 6.86. The molecule has 0 amide bonds. The van der Waals surface area contributed by atoms with Crippen LogP contribution in [0, 0.1) is 0 Å². The van der Waals surface area contributed by atoms with Gasteiger partial charge in [-0.05, 0) is 26.4 Å². The minimum Gasteiger partial charge on any atom is -0.367 e. The average molecular weight is 266 g/mol. The maximum absolute atomic E-state index is 5.73. The van der Waals surface area contributed by atoms with Crippen LogP contribution in [-0.4, -0.2) is 54.9 Å². The van der Waals surface area contributed by atoms with Gasteiger partial charge in [-0.15, -0.1) is 0 Å². The molecular formula is C13H22N4O2. The minimum atomic E-state index is -0.0560. The first-order chi connectivity index (χ1) is 9.23. The summed E-state index contributed by atoms with van der Waals surface area (Å²) in [6.45, 7) is 6.65. The van der Waals surface area contributed by atoms with E-state index in [-0.39, 0.29) is 11.5 Å². The van der Waals surface area contributed by atoms with Gasteiger partial charge in [-0.2, -0.15) is 4.98 Å². The molecule has 6 nitrogen and oxygen atoms in total. The fraction of sp³-hybridized carbons (Fsp3) is 0.846. The number of likely N-dealkylation sites (N-methyl/N-ethyl adjacent to an activating group) is 1. The van der Waals surface area contributed by atoms with Crippen molar-refractivity contribution in [1.82, 2.24) is 20.4 Å². The Morgan fingerprint density at radius 3 is 3.11 bits per heavy atom. The van der Waals surface area contributed by atoms with Gasteiger partial charge in [0.1, 0.15) is 6.10 Å². The van der Waals surface area contributed by atoms with Gasteiger partial charge in [0.25, 0.3) is 0 Å². The highest BCUT2D eigenvalue weighted by molar-refractivity contribution is 5.10. The molecule has 106 valence electrons. The van der Waals surface area contributed by atoms with E-state index in [0.717, 1.165) is 51.5 Å². The second-order valence-electron chi connectivity index (χ2n) is 5.64. The van der Waals surface area contributed by atoms with Crippen molar-refractivity contribution in [3.05, 3.63) is 11.7 Å². The van der Waals surface area contributed by atoms with Crippen molar-refractivity contribution >= 4 is 0 Å². The van der Waals surface area contributed by atoms with Gasteiger partial charge in [0.2, 0.25) is 11.7 Å². The Morgan fingerprint density at radius 2 is 2.42 bits per heavy atom. The van der Waals surface area contributed by atoms with Crippen LogP contribution in [0.5, 0.6) is 0 Å². The lowest BCUT2D eigenvalue weighted by atomic mass is 9.84. The highest BCUT2D eigenvalue weighted by atomic mass is 16.5. The molecule has 0 radical (unpaired) electrons. The fourth-order valence-corrected chi connectivity index (χ4v) is 2.89. The molecule has 2 aliphatic rings. The van der Waals surface area contributed by atoms with E-state index in [1.807, 2.05) is 0 Å². The van der Waals surface area contributed by atoms with Crippen LogP contribution in [0.2, 0.25) is 0 Å². The molecule has 3 rings (SSSR count). The first kappa shape index (κ1) is 13.0. The molecule has 2 aliphatic heterocycles. The monoisotopic (exact) mass is 266 g/mol. The van der Waals surface area contributed by atoms with Gasteiger partial charge in [-0.1, -0.05) is 12.1 Å². The van der Waals surface area contributed by atoms with E-state index in [2.05, 4.69) is 34.3 Å². The fourth-order valence-electron chi connectivity index (χ4n) is 2.89. The SMILES string of the molecule is CCC1(c2nc(C3CN(C)CCO3)no2)CCNC1. The molecule has 6 heteroatoms. The summed E-state index contributed by atoms with van der Waals surface area (Å²) in [5.74, 6) is 1.47. The highest BCUT2D eigenvalue weighted by Crippen LogP contribution is 2.33. The Morgan fingerprint density at radius 1 is 1.53 bits per heavy atom. The molecular weight excluding hydrogens is 244 g/mol. The Bertz CT molecular complexity index is 428. The van der Waals surface area contributed by atoms with Crippen molar-refractivity contribution in [2.24, 2.45) is 0 Å². The molecule has 0 aromatic carbocycles. The molecule has 0 saturated carbocycles. The Labute approximate surface area is 113 Å². The maximum atomic E-state index is 5.73. The number of nitrogens with zero attached hydrogens (tertiary/aromatic N) is 3. The van der Waals surface area contributed by atoms with Crippen molar-refractivity contribution in [2.45, 2.75) is 31.3 Å². The molecule has 1 N–H and O–H groups in total. The van der Waals surface area contributed by atoms with E-state index in [1.165, 1.54) is 0 Å². The molecule has 2 unspecified atom stereocenters. The number of nitrogens with one attached hydrogen (secondary N) is 1. The highest BCUT2D eigenvalue weighted by Gasteiger charge is 2.40. The summed E-state index contributed by atoms with van der Waals surface area (Å²) in [7, 11) is 2.09. The first-order valence-corrected chi connectivity index (χ1v) is 7.08. The third kappa shape index (κ3) is 2.40. The van der Waals surface area contributed by atoms with Gasteiger partial charge in [-0.25, -0.2) is 0 Å². The summed E-state index contributed by atoms with van der Waals surface area (Å²) in [6, 6.07) is 0. The second-order valence-corrected chi connectivity index (χ2v) is 5.64. The molecule has 1 aromatic rings. The van der Waals surface area contributed by atoms with Gasteiger partial charge in [0.05, 0.1) is 12.0 Å². The zero-order valence-corrected chi connectivity index (χ0v) is 11.7. The molecule has 2 fully saturated rings. The largest absolute Gasteiger partial charge is 0.367 e. The van der Waals surface area contributed by atoms with E-state index in [9.17, 15) is 0 Å². The minimum absolute atomic E-state index is 0.0197. The first-order valence-electron chi connectivity index (χ1n) is 7.08. The van der Waals surface area contributed by atoms with Gasteiger partial charge in [-0.3, -0.25) is 0 Å². The van der Waals surface area contributed by atoms with Crippen molar-refractivity contribution in [2.75, 3.05) is 39.8 Å². The smallest absolute Gasteiger partial charge is 0.234 e. The third-order valence-electron chi connectivity index (χ3n) is 4.37. The standard InChI is InChI=1S/C13H22N4O2/c1-3-13(4-5-14-9-13)12-15-11(16-19-12)10-8-17(2)6-7-18-10/h10,14H,3-9H2,1-2H3. The predicted octanol–water partition coefficient (Wildman–Crippen LogP) is 0.714. The molecule has 2 atom stereocenters. The lowest BCUT2D eigenvalue weighted by Gasteiger charge is -2.28. The number of ether oxygens (including phenoxy) is 1. The van der Waals surface area contributed by atoms with E-state index in [1.54, 1.807) is 0 Å². The summed E-state index contributed by atoms with van der Waals surface area (Å²) < 4.78 is 11.3. The summed E-state index contributed by atoms with van der Waals surface area (Å²) in [6.07, 6.45) is 2.03. The average Bonchev–Trinajstić information content (AvgIpc) is 3.08. The van der Waals surface area contributed by atoms with Gasteiger partial charge in [0, 0.05) is 19.6 Å². The van der Waals surface area contributed by atoms with Crippen LogP contribution in [0.4, 0.5) is 0 Å². The normalized spacial score (nSPS) is 32.8. The number of hydrogen-bond acceptors (Lipinski definition) is 6. The third-order valence-corrected chi connectivity index (χ3v) is 4.37. The van der Waals surface area contributed by atoms with E-state index >= 15 is 0 Å². The Hall–Kier alpha value is -0.980. The molecule has 0 spiro atoms. The summed E-state index contributed by atoms with van der Waals surface area (Å²) in [5.41, 5.74) is 0.0197. The van der Waals surface area contributed by atoms with Crippen molar-refractivity contribution in [1.29, 1.82) is 0 Å². The summed E-state index contributed by atoms with van der Waals surface area (Å²) in [5, 5.41) is 7.54. The van der Waals surface area contributed by atoms with Crippen LogP contribution in [0.3, 0.4) is 0 Å². The lowest BCUT2D eigenvalue weighted by molar-refractivity contribution is -0.0264. The zero-order valence-electron chi connectivity index (χ0n) is 11.7. The molecule has 2 saturated heterocycles. The molecule has 0 bridgehead atoms. The Balaban J connectivity index is 1.79. The number of hydrogen-bond donors (Lipinski definition) is 1. The van der Waals surface area contributed by atoms with Crippen molar-refractivity contribution < 1.29 is 9.26 Å². The topological polar surface area (TPSA) is 63.4 Å². The van der Waals surface area contributed by atoms with Crippen LogP contribution in [0.25, 0.3) is 0 Å². The van der Waals surface area contributed by atoms with E-state index in [0.29, 0.717) is 5.82 Å². The van der Waals surface area contributed by atoms with Crippen LogP contribution >= 0.6 is 0 Å². The maximum Gasteiger partial charge on any atom is 0.234 e. The Kier molecular flexibility index (Phi) is 3.56. The molecule has 1 aromatic heterocycles. The van der Waals surface area contributed by atoms with E-state index < -0.39 is 0 Å². The second kappa shape index (κ2) is 5.19. The van der Waals surface area contributed by atoms with Gasteiger partial charge in [0.15, 0.2) is 0 Å².